The summed E-state index contributed by atoms with van der Waals surface area (Å²) in [5, 5.41) is 30.2. The molecule has 10 heteroatoms. The van der Waals surface area contributed by atoms with Gasteiger partial charge in [0.25, 0.3) is 11.5 Å². The molecular weight excluding hydrogens is 452 g/mol. The maximum absolute atomic E-state index is 12.9. The van der Waals surface area contributed by atoms with E-state index < -0.39 is 17.8 Å². The van der Waals surface area contributed by atoms with Crippen molar-refractivity contribution in [3.05, 3.63) is 99.0 Å². The summed E-state index contributed by atoms with van der Waals surface area (Å²) in [5.41, 5.74) is 2.21. The van der Waals surface area contributed by atoms with Gasteiger partial charge in [-0.1, -0.05) is 30.3 Å². The highest BCUT2D eigenvalue weighted by molar-refractivity contribution is 6.29. The lowest BCUT2D eigenvalue weighted by Gasteiger charge is -2.12. The SMILES string of the molecule is CC1=NN(c2ccc(C(=O)[O-])cc2)C(=O)/C1=C/C=C/c1c(C)[nH]n(-c2ccc(C(=O)[O-])cc2)c1=O. The molecule has 1 aliphatic heterocycles. The van der Waals surface area contributed by atoms with Gasteiger partial charge < -0.3 is 19.8 Å². The number of benzene rings is 2. The van der Waals surface area contributed by atoms with Crippen LogP contribution in [0.5, 0.6) is 0 Å². The zero-order chi connectivity index (χ0) is 25.3. The molecule has 3 aromatic rings. The summed E-state index contributed by atoms with van der Waals surface area (Å²) in [6.45, 7) is 3.38. The number of amides is 1. The maximum atomic E-state index is 12.9. The number of carbonyl (C=O) groups is 3. The first kappa shape index (κ1) is 23.2. The van der Waals surface area contributed by atoms with Gasteiger partial charge in [0.05, 0.1) is 40.2 Å². The number of aromatic nitrogens is 2. The van der Waals surface area contributed by atoms with Crippen molar-refractivity contribution in [2.24, 2.45) is 5.10 Å². The molecule has 1 aromatic heterocycles. The Morgan fingerprint density at radius 2 is 1.43 bits per heavy atom. The molecular formula is C25H18N4O6-2. The van der Waals surface area contributed by atoms with E-state index in [0.29, 0.717) is 33.9 Å². The molecule has 35 heavy (non-hydrogen) atoms. The van der Waals surface area contributed by atoms with Crippen LogP contribution in [0.25, 0.3) is 11.8 Å². The number of carboxylic acid groups (broad SMARTS) is 2. The van der Waals surface area contributed by atoms with Gasteiger partial charge in [-0.05, 0) is 61.4 Å². The van der Waals surface area contributed by atoms with Crippen molar-refractivity contribution in [1.82, 2.24) is 9.78 Å². The number of anilines is 1. The summed E-state index contributed by atoms with van der Waals surface area (Å²) in [6, 6.07) is 11.3. The Hall–Kier alpha value is -4.99. The number of allylic oxidation sites excluding steroid dienone is 2. The van der Waals surface area contributed by atoms with Crippen molar-refractivity contribution < 1.29 is 24.6 Å². The number of rotatable bonds is 6. The highest BCUT2D eigenvalue weighted by atomic mass is 16.4. The van der Waals surface area contributed by atoms with Crippen molar-refractivity contribution in [2.75, 3.05) is 5.01 Å². The highest BCUT2D eigenvalue weighted by Crippen LogP contribution is 2.24. The number of hydrogen-bond donors (Lipinski definition) is 1. The van der Waals surface area contributed by atoms with Gasteiger partial charge >= 0.3 is 0 Å². The van der Waals surface area contributed by atoms with Gasteiger partial charge in [-0.2, -0.15) is 10.1 Å². The molecule has 0 fully saturated rings. The molecule has 0 saturated heterocycles. The number of carboxylic acids is 2. The summed E-state index contributed by atoms with van der Waals surface area (Å²) in [4.78, 5) is 47.5. The Labute approximate surface area is 198 Å². The number of hydrogen-bond acceptors (Lipinski definition) is 7. The molecule has 1 N–H and O–H groups in total. The van der Waals surface area contributed by atoms with Crippen molar-refractivity contribution in [2.45, 2.75) is 13.8 Å². The second-order valence-corrected chi connectivity index (χ2v) is 7.70. The monoisotopic (exact) mass is 470 g/mol. The number of hydrazone groups is 1. The van der Waals surface area contributed by atoms with E-state index in [9.17, 15) is 29.4 Å². The first-order chi connectivity index (χ1) is 16.7. The third-order valence-corrected chi connectivity index (χ3v) is 5.41. The second kappa shape index (κ2) is 9.10. The van der Waals surface area contributed by atoms with Crippen LogP contribution in [-0.4, -0.2) is 33.3 Å². The molecule has 4 rings (SSSR count). The molecule has 176 valence electrons. The molecule has 0 aliphatic carbocycles. The van der Waals surface area contributed by atoms with E-state index in [1.54, 1.807) is 32.1 Å². The van der Waals surface area contributed by atoms with Gasteiger partial charge in [0.2, 0.25) is 0 Å². The molecule has 0 atom stereocenters. The number of aromatic carboxylic acids is 2. The van der Waals surface area contributed by atoms with Gasteiger partial charge in [-0.25, -0.2) is 4.68 Å². The fourth-order valence-corrected chi connectivity index (χ4v) is 3.55. The fourth-order valence-electron chi connectivity index (χ4n) is 3.55. The van der Waals surface area contributed by atoms with E-state index >= 15 is 0 Å². The van der Waals surface area contributed by atoms with E-state index in [2.05, 4.69) is 10.2 Å². The lowest BCUT2D eigenvalue weighted by atomic mass is 10.1. The van der Waals surface area contributed by atoms with Gasteiger partial charge in [0.15, 0.2) is 0 Å². The smallest absolute Gasteiger partial charge is 0.280 e. The highest BCUT2D eigenvalue weighted by Gasteiger charge is 2.28. The average molecular weight is 470 g/mol. The molecule has 0 saturated carbocycles. The Morgan fingerprint density at radius 1 is 0.886 bits per heavy atom. The lowest BCUT2D eigenvalue weighted by Crippen LogP contribution is -2.23. The second-order valence-electron chi connectivity index (χ2n) is 7.70. The normalized spacial score (nSPS) is 14.7. The van der Waals surface area contributed by atoms with E-state index in [1.807, 2.05) is 0 Å². The number of aromatic amines is 1. The molecule has 2 heterocycles. The van der Waals surface area contributed by atoms with E-state index in [0.717, 1.165) is 0 Å². The van der Waals surface area contributed by atoms with Gasteiger partial charge in [-0.15, -0.1) is 0 Å². The Kier molecular flexibility index (Phi) is 6.03. The van der Waals surface area contributed by atoms with Crippen LogP contribution in [0.3, 0.4) is 0 Å². The Morgan fingerprint density at radius 3 is 1.97 bits per heavy atom. The Balaban J connectivity index is 1.56. The van der Waals surface area contributed by atoms with Crippen LogP contribution < -0.4 is 20.8 Å². The standard InChI is InChI=1S/C25H20N4O6/c1-14-20(22(30)28(26-14)18-10-6-16(7-11-18)24(32)33)4-3-5-21-15(2)27-29(23(21)31)19-12-8-17(9-13-19)25(34)35/h3-13,26H,1-2H3,(H,32,33)(H,34,35)/p-2/b4-3+,21-5+. The molecule has 1 aliphatic rings. The van der Waals surface area contributed by atoms with Crippen LogP contribution in [0, 0.1) is 6.92 Å². The molecule has 0 bridgehead atoms. The third kappa shape index (κ3) is 4.44. The quantitative estimate of drug-likeness (QED) is 0.520. The van der Waals surface area contributed by atoms with Crippen LogP contribution in [0.15, 0.2) is 76.2 Å². The topological polar surface area (TPSA) is 151 Å². The Bertz CT molecular complexity index is 1490. The summed E-state index contributed by atoms with van der Waals surface area (Å²) in [6.07, 6.45) is 4.67. The van der Waals surface area contributed by atoms with Gasteiger partial charge in [0.1, 0.15) is 0 Å². The summed E-state index contributed by atoms with van der Waals surface area (Å²) in [5.74, 6) is -3.02. The van der Waals surface area contributed by atoms with Gasteiger partial charge in [-0.3, -0.25) is 14.7 Å². The number of H-pyrrole nitrogens is 1. The molecule has 2 aromatic carbocycles. The van der Waals surface area contributed by atoms with Crippen LogP contribution in [0.1, 0.15) is 38.9 Å². The number of carbonyl (C=O) groups excluding carboxylic acids is 3. The van der Waals surface area contributed by atoms with Crippen LogP contribution >= 0.6 is 0 Å². The third-order valence-electron chi connectivity index (χ3n) is 5.41. The fraction of sp³-hybridized carbons (Fsp3) is 0.0800. The minimum Gasteiger partial charge on any atom is -0.545 e. The minimum atomic E-state index is -1.32. The number of nitrogens with zero attached hydrogens (tertiary/aromatic N) is 3. The molecule has 10 nitrogen and oxygen atoms in total. The predicted octanol–water partition coefficient (Wildman–Crippen LogP) is 0.563. The summed E-state index contributed by atoms with van der Waals surface area (Å²) in [7, 11) is 0. The first-order valence-corrected chi connectivity index (χ1v) is 10.4. The van der Waals surface area contributed by atoms with E-state index in [-0.39, 0.29) is 16.7 Å². The van der Waals surface area contributed by atoms with Crippen molar-refractivity contribution in [3.8, 4) is 5.69 Å². The average Bonchev–Trinajstić information content (AvgIpc) is 3.28. The lowest BCUT2D eigenvalue weighted by molar-refractivity contribution is -0.256. The van der Waals surface area contributed by atoms with Crippen LogP contribution in [-0.2, 0) is 4.79 Å². The molecule has 1 amide bonds. The number of aryl methyl sites for hydroxylation is 1. The van der Waals surface area contributed by atoms with Crippen LogP contribution in [0.4, 0.5) is 5.69 Å². The van der Waals surface area contributed by atoms with Crippen molar-refractivity contribution in [1.29, 1.82) is 0 Å². The van der Waals surface area contributed by atoms with Crippen LogP contribution in [0.2, 0.25) is 0 Å². The first-order valence-electron chi connectivity index (χ1n) is 10.4. The zero-order valence-corrected chi connectivity index (χ0v) is 18.6. The maximum Gasteiger partial charge on any atom is 0.280 e. The summed E-state index contributed by atoms with van der Waals surface area (Å²) >= 11 is 0. The number of nitrogens with one attached hydrogen (secondary N) is 1. The largest absolute Gasteiger partial charge is 0.545 e. The van der Waals surface area contributed by atoms with Crippen molar-refractivity contribution in [3.63, 3.8) is 0 Å². The minimum absolute atomic E-state index is 0.000957. The van der Waals surface area contributed by atoms with E-state index in [1.165, 1.54) is 58.2 Å². The molecule has 0 unspecified atom stereocenters. The molecule has 0 radical (unpaired) electrons. The van der Waals surface area contributed by atoms with E-state index in [4.69, 9.17) is 0 Å². The molecule has 0 spiro atoms. The van der Waals surface area contributed by atoms with Gasteiger partial charge in [0, 0.05) is 5.69 Å². The predicted molar refractivity (Wildman–Crippen MR) is 124 cm³/mol. The summed E-state index contributed by atoms with van der Waals surface area (Å²) < 4.78 is 1.28. The zero-order valence-electron chi connectivity index (χ0n) is 18.6. The van der Waals surface area contributed by atoms with Crippen molar-refractivity contribution >= 4 is 35.3 Å².